The predicted molar refractivity (Wildman–Crippen MR) is 133 cm³/mol. The lowest BCUT2D eigenvalue weighted by Crippen LogP contribution is -2.31. The molecule has 0 saturated heterocycles. The van der Waals surface area contributed by atoms with E-state index in [1.807, 2.05) is 6.92 Å². The first-order valence-electron chi connectivity index (χ1n) is 11.4. The third kappa shape index (κ3) is 7.49. The highest BCUT2D eigenvalue weighted by molar-refractivity contribution is 7.99. The summed E-state index contributed by atoms with van der Waals surface area (Å²) in [5, 5.41) is 12.2. The average Bonchev–Trinajstić information content (AvgIpc) is 3.27. The molecule has 0 aliphatic heterocycles. The minimum absolute atomic E-state index is 0.0694. The monoisotopic (exact) mass is 488 g/mol. The van der Waals surface area contributed by atoms with E-state index in [1.165, 1.54) is 0 Å². The molecule has 1 amide bonds. The molecule has 11 heteroatoms. The molecule has 184 valence electrons. The molecule has 0 aliphatic carbocycles. The minimum atomic E-state index is -0.209. The van der Waals surface area contributed by atoms with Crippen molar-refractivity contribution < 1.29 is 19.0 Å². The number of nitrogens with zero attached hydrogens (tertiary/aromatic N) is 4. The number of carbonyl (C=O) groups is 1. The van der Waals surface area contributed by atoms with Crippen LogP contribution in [0, 0.1) is 0 Å². The first kappa shape index (κ1) is 25.6. The number of amides is 1. The van der Waals surface area contributed by atoms with Crippen molar-refractivity contribution in [3.8, 4) is 11.5 Å². The van der Waals surface area contributed by atoms with Crippen molar-refractivity contribution in [1.29, 1.82) is 0 Å². The van der Waals surface area contributed by atoms with Crippen LogP contribution in [-0.2, 0) is 16.1 Å². The van der Waals surface area contributed by atoms with E-state index in [9.17, 15) is 4.79 Å². The Hall–Kier alpha value is -3.05. The minimum Gasteiger partial charge on any atom is -0.497 e. The van der Waals surface area contributed by atoms with Crippen LogP contribution in [0.4, 0.5) is 5.82 Å². The SMILES string of the molecule is CCCSc1nc(NCCOCC)c2cnn(CCNC(=O)COc3ccc(OC)cc3)c2n1. The first-order valence-corrected chi connectivity index (χ1v) is 12.3. The summed E-state index contributed by atoms with van der Waals surface area (Å²) in [5.74, 6) is 2.80. The second kappa shape index (κ2) is 13.6. The van der Waals surface area contributed by atoms with Crippen LogP contribution in [0.25, 0.3) is 11.0 Å². The van der Waals surface area contributed by atoms with Crippen molar-refractivity contribution in [2.75, 3.05) is 51.1 Å². The highest BCUT2D eigenvalue weighted by Crippen LogP contribution is 2.24. The predicted octanol–water partition coefficient (Wildman–Crippen LogP) is 2.98. The molecule has 0 saturated carbocycles. The Balaban J connectivity index is 1.57. The molecule has 0 radical (unpaired) electrons. The molecular weight excluding hydrogens is 456 g/mol. The lowest BCUT2D eigenvalue weighted by Gasteiger charge is -2.10. The molecule has 0 spiro atoms. The number of thioether (sulfide) groups is 1. The van der Waals surface area contributed by atoms with E-state index < -0.39 is 0 Å². The second-order valence-electron chi connectivity index (χ2n) is 7.25. The molecule has 3 aromatic rings. The van der Waals surface area contributed by atoms with Gasteiger partial charge in [0.2, 0.25) is 0 Å². The van der Waals surface area contributed by atoms with E-state index in [0.717, 1.165) is 34.8 Å². The molecule has 0 fully saturated rings. The molecule has 0 unspecified atom stereocenters. The molecular formula is C23H32N6O4S. The number of hydrogen-bond acceptors (Lipinski definition) is 9. The summed E-state index contributed by atoms with van der Waals surface area (Å²) in [6, 6.07) is 7.08. The van der Waals surface area contributed by atoms with Gasteiger partial charge in [-0.05, 0) is 37.6 Å². The lowest BCUT2D eigenvalue weighted by molar-refractivity contribution is -0.123. The van der Waals surface area contributed by atoms with Gasteiger partial charge >= 0.3 is 0 Å². The summed E-state index contributed by atoms with van der Waals surface area (Å²) in [5.41, 5.74) is 0.733. The molecule has 2 heterocycles. The summed E-state index contributed by atoms with van der Waals surface area (Å²) in [6.45, 7) is 6.81. The van der Waals surface area contributed by atoms with E-state index >= 15 is 0 Å². The van der Waals surface area contributed by atoms with Crippen molar-refractivity contribution in [3.63, 3.8) is 0 Å². The number of fused-ring (bicyclic) bond motifs is 1. The van der Waals surface area contributed by atoms with E-state index in [0.29, 0.717) is 43.8 Å². The number of hydrogen-bond donors (Lipinski definition) is 2. The Kier molecular flexibility index (Phi) is 10.2. The molecule has 1 aromatic carbocycles. The number of rotatable bonds is 15. The summed E-state index contributed by atoms with van der Waals surface area (Å²) in [6.07, 6.45) is 2.78. The molecule has 0 atom stereocenters. The van der Waals surface area contributed by atoms with Gasteiger partial charge in [-0.15, -0.1) is 0 Å². The Morgan fingerprint density at radius 1 is 1.12 bits per heavy atom. The Morgan fingerprint density at radius 2 is 1.91 bits per heavy atom. The highest BCUT2D eigenvalue weighted by Gasteiger charge is 2.13. The number of anilines is 1. The molecule has 3 rings (SSSR count). The fourth-order valence-corrected chi connectivity index (χ4v) is 3.74. The topological polar surface area (TPSA) is 112 Å². The molecule has 0 aliphatic rings. The number of nitrogens with one attached hydrogen (secondary N) is 2. The van der Waals surface area contributed by atoms with Crippen LogP contribution in [0.15, 0.2) is 35.6 Å². The van der Waals surface area contributed by atoms with Gasteiger partial charge in [0.25, 0.3) is 5.91 Å². The third-order valence-electron chi connectivity index (χ3n) is 4.73. The zero-order chi connectivity index (χ0) is 24.2. The maximum atomic E-state index is 12.2. The molecule has 0 bridgehead atoms. The summed E-state index contributed by atoms with van der Waals surface area (Å²) in [4.78, 5) is 21.5. The Labute approximate surface area is 203 Å². The van der Waals surface area contributed by atoms with Crippen molar-refractivity contribution in [2.24, 2.45) is 0 Å². The van der Waals surface area contributed by atoms with Crippen molar-refractivity contribution in [1.82, 2.24) is 25.1 Å². The van der Waals surface area contributed by atoms with Crippen LogP contribution in [-0.4, -0.2) is 71.4 Å². The second-order valence-corrected chi connectivity index (χ2v) is 8.31. The zero-order valence-electron chi connectivity index (χ0n) is 19.9. The van der Waals surface area contributed by atoms with Crippen LogP contribution in [0.5, 0.6) is 11.5 Å². The number of methoxy groups -OCH3 is 1. The first-order chi connectivity index (χ1) is 16.6. The fraction of sp³-hybridized carbons (Fsp3) is 0.478. The molecule has 34 heavy (non-hydrogen) atoms. The maximum absolute atomic E-state index is 12.2. The molecule has 10 nitrogen and oxygen atoms in total. The highest BCUT2D eigenvalue weighted by atomic mass is 32.2. The van der Waals surface area contributed by atoms with Crippen molar-refractivity contribution >= 4 is 34.5 Å². The summed E-state index contributed by atoms with van der Waals surface area (Å²) >= 11 is 1.61. The van der Waals surface area contributed by atoms with Crippen LogP contribution in [0.3, 0.4) is 0 Å². The number of ether oxygens (including phenoxy) is 3. The van der Waals surface area contributed by atoms with E-state index in [4.69, 9.17) is 19.2 Å². The van der Waals surface area contributed by atoms with Crippen LogP contribution < -0.4 is 20.1 Å². The van der Waals surface area contributed by atoms with Crippen LogP contribution >= 0.6 is 11.8 Å². The fourth-order valence-electron chi connectivity index (χ4n) is 3.05. The van der Waals surface area contributed by atoms with Gasteiger partial charge in [-0.25, -0.2) is 14.6 Å². The van der Waals surface area contributed by atoms with Gasteiger partial charge in [0.05, 0.1) is 31.8 Å². The Bertz CT molecular complexity index is 1040. The number of aromatic nitrogens is 4. The van der Waals surface area contributed by atoms with Gasteiger partial charge in [0.15, 0.2) is 17.4 Å². The summed E-state index contributed by atoms with van der Waals surface area (Å²) in [7, 11) is 1.60. The Morgan fingerprint density at radius 3 is 2.65 bits per heavy atom. The van der Waals surface area contributed by atoms with E-state index in [1.54, 1.807) is 54.0 Å². The largest absolute Gasteiger partial charge is 0.497 e. The van der Waals surface area contributed by atoms with Gasteiger partial charge in [-0.2, -0.15) is 5.10 Å². The maximum Gasteiger partial charge on any atom is 0.258 e. The summed E-state index contributed by atoms with van der Waals surface area (Å²) < 4.78 is 17.8. The van der Waals surface area contributed by atoms with Gasteiger partial charge < -0.3 is 24.8 Å². The average molecular weight is 489 g/mol. The third-order valence-corrected chi connectivity index (χ3v) is 5.78. The smallest absolute Gasteiger partial charge is 0.258 e. The molecule has 2 N–H and O–H groups in total. The van der Waals surface area contributed by atoms with Crippen molar-refractivity contribution in [2.45, 2.75) is 32.0 Å². The van der Waals surface area contributed by atoms with E-state index in [2.05, 4.69) is 27.6 Å². The normalized spacial score (nSPS) is 10.9. The van der Waals surface area contributed by atoms with Gasteiger partial charge in [-0.1, -0.05) is 18.7 Å². The molecule has 2 aromatic heterocycles. The lowest BCUT2D eigenvalue weighted by atomic mass is 10.3. The van der Waals surface area contributed by atoms with Crippen LogP contribution in [0.1, 0.15) is 20.3 Å². The quantitative estimate of drug-likeness (QED) is 0.189. The van der Waals surface area contributed by atoms with Gasteiger partial charge in [-0.3, -0.25) is 4.79 Å². The van der Waals surface area contributed by atoms with Gasteiger partial charge in [0.1, 0.15) is 17.3 Å². The van der Waals surface area contributed by atoms with Crippen LogP contribution in [0.2, 0.25) is 0 Å². The van der Waals surface area contributed by atoms with Gasteiger partial charge in [0, 0.05) is 25.4 Å². The van der Waals surface area contributed by atoms with E-state index in [-0.39, 0.29) is 12.5 Å². The van der Waals surface area contributed by atoms with Crippen molar-refractivity contribution in [3.05, 3.63) is 30.5 Å². The standard InChI is InChI=1S/C23H32N6O4S/c1-4-14-34-23-27-21(25-11-13-32-5-2)19-15-26-29(22(19)28-23)12-10-24-20(30)16-33-18-8-6-17(31-3)7-9-18/h6-9,15H,4-5,10-14,16H2,1-3H3,(H,24,30)(H,25,27,28). The number of benzene rings is 1. The number of carbonyl (C=O) groups excluding carboxylic acids is 1. The zero-order valence-corrected chi connectivity index (χ0v) is 20.7.